The van der Waals surface area contributed by atoms with Crippen molar-refractivity contribution in [3.8, 4) is 0 Å². The number of thioether (sulfide) groups is 1. The van der Waals surface area contributed by atoms with E-state index in [1.807, 2.05) is 0 Å². The molecule has 0 fully saturated rings. The summed E-state index contributed by atoms with van der Waals surface area (Å²) in [6.07, 6.45) is -4.59. The van der Waals surface area contributed by atoms with Gasteiger partial charge < -0.3 is 5.73 Å². The van der Waals surface area contributed by atoms with Crippen LogP contribution in [0.4, 0.5) is 13.2 Å². The van der Waals surface area contributed by atoms with Crippen LogP contribution in [0.2, 0.25) is 0 Å². The molecule has 0 amide bonds. The molecule has 1 rings (SSSR count). The molecular weight excluding hydrogens is 247 g/mol. The van der Waals surface area contributed by atoms with Crippen LogP contribution >= 0.6 is 11.8 Å². The van der Waals surface area contributed by atoms with Crippen LogP contribution < -0.4 is 5.73 Å². The third kappa shape index (κ3) is 4.77. The highest BCUT2D eigenvalue weighted by atomic mass is 32.2. The van der Waals surface area contributed by atoms with E-state index in [1.54, 1.807) is 0 Å². The SMILES string of the molecule is NCCn1nnnc1SCCOC(F)(F)F. The Morgan fingerprint density at radius 1 is 1.44 bits per heavy atom. The summed E-state index contributed by atoms with van der Waals surface area (Å²) < 4.78 is 39.9. The molecule has 0 aromatic carbocycles. The number of hydrogen-bond donors (Lipinski definition) is 1. The predicted molar refractivity (Wildman–Crippen MR) is 49.6 cm³/mol. The molecule has 6 nitrogen and oxygen atoms in total. The van der Waals surface area contributed by atoms with Gasteiger partial charge in [-0.1, -0.05) is 11.8 Å². The molecule has 0 bridgehead atoms. The molecule has 0 aliphatic rings. The second-order valence-corrected chi connectivity index (χ2v) is 3.68. The van der Waals surface area contributed by atoms with Crippen LogP contribution in [-0.4, -0.2) is 45.5 Å². The van der Waals surface area contributed by atoms with E-state index < -0.39 is 13.0 Å². The zero-order valence-electron chi connectivity index (χ0n) is 8.15. The van der Waals surface area contributed by atoms with Crippen molar-refractivity contribution in [1.82, 2.24) is 20.2 Å². The Morgan fingerprint density at radius 3 is 2.81 bits per heavy atom. The molecular formula is C6H10F3N5OS. The van der Waals surface area contributed by atoms with Crippen molar-refractivity contribution in [2.24, 2.45) is 5.73 Å². The second-order valence-electron chi connectivity index (χ2n) is 2.62. The van der Waals surface area contributed by atoms with Gasteiger partial charge in [0, 0.05) is 12.3 Å². The first-order valence-electron chi connectivity index (χ1n) is 4.32. The van der Waals surface area contributed by atoms with Gasteiger partial charge in [0.25, 0.3) is 0 Å². The third-order valence-corrected chi connectivity index (χ3v) is 2.34. The number of halogens is 3. The summed E-state index contributed by atoms with van der Waals surface area (Å²) in [7, 11) is 0. The Bertz CT molecular complexity index is 317. The lowest BCUT2D eigenvalue weighted by Gasteiger charge is -2.06. The molecule has 1 aromatic rings. The van der Waals surface area contributed by atoms with Crippen LogP contribution in [0.3, 0.4) is 0 Å². The lowest BCUT2D eigenvalue weighted by Crippen LogP contribution is -2.16. The van der Waals surface area contributed by atoms with E-state index in [1.165, 1.54) is 4.68 Å². The standard InChI is InChI=1S/C6H10F3N5OS/c7-6(8,9)15-3-4-16-5-11-12-13-14(5)2-1-10/h1-4,10H2. The summed E-state index contributed by atoms with van der Waals surface area (Å²) >= 11 is 1.08. The number of nitrogens with zero attached hydrogens (tertiary/aromatic N) is 4. The molecule has 1 aromatic heterocycles. The van der Waals surface area contributed by atoms with Crippen LogP contribution in [-0.2, 0) is 11.3 Å². The Labute approximate surface area is 93.3 Å². The van der Waals surface area contributed by atoms with Gasteiger partial charge in [-0.25, -0.2) is 4.68 Å². The van der Waals surface area contributed by atoms with Crippen LogP contribution in [0.5, 0.6) is 0 Å². The fraction of sp³-hybridized carbons (Fsp3) is 0.833. The van der Waals surface area contributed by atoms with E-state index in [-0.39, 0.29) is 5.75 Å². The molecule has 2 N–H and O–H groups in total. The van der Waals surface area contributed by atoms with E-state index in [9.17, 15) is 13.2 Å². The molecule has 0 unspecified atom stereocenters. The van der Waals surface area contributed by atoms with Crippen molar-refractivity contribution in [2.45, 2.75) is 18.1 Å². The van der Waals surface area contributed by atoms with Gasteiger partial charge in [0.05, 0.1) is 13.2 Å². The maximum atomic E-state index is 11.6. The first-order valence-corrected chi connectivity index (χ1v) is 5.31. The normalized spacial score (nSPS) is 12.0. The van der Waals surface area contributed by atoms with Gasteiger partial charge in [-0.2, -0.15) is 0 Å². The van der Waals surface area contributed by atoms with Crippen molar-refractivity contribution in [1.29, 1.82) is 0 Å². The summed E-state index contributed by atoms with van der Waals surface area (Å²) in [4.78, 5) is 0. The van der Waals surface area contributed by atoms with Crippen molar-refractivity contribution in [2.75, 3.05) is 18.9 Å². The second kappa shape index (κ2) is 6.01. The fourth-order valence-electron chi connectivity index (χ4n) is 0.853. The summed E-state index contributed by atoms with van der Waals surface area (Å²) in [6, 6.07) is 0. The number of tetrazole rings is 1. The first-order chi connectivity index (χ1) is 7.53. The van der Waals surface area contributed by atoms with Crippen LogP contribution in [0.25, 0.3) is 0 Å². The number of alkyl halides is 3. The highest BCUT2D eigenvalue weighted by molar-refractivity contribution is 7.99. The molecule has 10 heteroatoms. The quantitative estimate of drug-likeness (QED) is 0.581. The van der Waals surface area contributed by atoms with Crippen molar-refractivity contribution >= 4 is 11.8 Å². The molecule has 0 aliphatic carbocycles. The first kappa shape index (κ1) is 13.2. The smallest absolute Gasteiger partial charge is 0.329 e. The number of nitrogens with two attached hydrogens (primary N) is 1. The average molecular weight is 257 g/mol. The fourth-order valence-corrected chi connectivity index (χ4v) is 1.57. The van der Waals surface area contributed by atoms with Crippen molar-refractivity contribution in [3.63, 3.8) is 0 Å². The Kier molecular flexibility index (Phi) is 4.96. The summed E-state index contributed by atoms with van der Waals surface area (Å²) in [5.74, 6) is 0.116. The highest BCUT2D eigenvalue weighted by Gasteiger charge is 2.28. The molecule has 92 valence electrons. The van der Waals surface area contributed by atoms with Crippen LogP contribution in [0, 0.1) is 0 Å². The molecule has 0 spiro atoms. The lowest BCUT2D eigenvalue weighted by atomic mass is 10.7. The Balaban J connectivity index is 2.29. The zero-order valence-corrected chi connectivity index (χ0v) is 8.96. The molecule has 0 atom stereocenters. The molecule has 0 saturated heterocycles. The highest BCUT2D eigenvalue weighted by Crippen LogP contribution is 2.18. The number of aromatic nitrogens is 4. The Hall–Kier alpha value is -0.870. The number of rotatable bonds is 6. The van der Waals surface area contributed by atoms with Crippen LogP contribution in [0.1, 0.15) is 0 Å². The van der Waals surface area contributed by atoms with E-state index in [0.717, 1.165) is 11.8 Å². The number of ether oxygens (including phenoxy) is 1. The summed E-state index contributed by atoms with van der Waals surface area (Å²) in [5, 5.41) is 11.1. The summed E-state index contributed by atoms with van der Waals surface area (Å²) in [6.45, 7) is 0.344. The van der Waals surface area contributed by atoms with Gasteiger partial charge >= 0.3 is 6.36 Å². The van der Waals surface area contributed by atoms with E-state index >= 15 is 0 Å². The van der Waals surface area contributed by atoms with Gasteiger partial charge in [-0.15, -0.1) is 18.3 Å². The van der Waals surface area contributed by atoms with Gasteiger partial charge in [-0.05, 0) is 10.4 Å². The minimum absolute atomic E-state index is 0.116. The molecule has 0 saturated carbocycles. The van der Waals surface area contributed by atoms with Gasteiger partial charge in [0.15, 0.2) is 0 Å². The molecule has 1 heterocycles. The largest absolute Gasteiger partial charge is 0.522 e. The summed E-state index contributed by atoms with van der Waals surface area (Å²) in [5.41, 5.74) is 5.30. The number of hydrogen-bond acceptors (Lipinski definition) is 6. The van der Waals surface area contributed by atoms with E-state index in [0.29, 0.717) is 18.2 Å². The topological polar surface area (TPSA) is 78.9 Å². The van der Waals surface area contributed by atoms with Gasteiger partial charge in [0.1, 0.15) is 0 Å². The van der Waals surface area contributed by atoms with E-state index in [4.69, 9.17) is 5.73 Å². The molecule has 0 radical (unpaired) electrons. The van der Waals surface area contributed by atoms with Crippen LogP contribution in [0.15, 0.2) is 5.16 Å². The van der Waals surface area contributed by atoms with Gasteiger partial charge in [-0.3, -0.25) is 4.74 Å². The predicted octanol–water partition coefficient (Wildman–Crippen LogP) is 0.260. The maximum absolute atomic E-state index is 11.6. The minimum Gasteiger partial charge on any atom is -0.329 e. The van der Waals surface area contributed by atoms with Crippen molar-refractivity contribution in [3.05, 3.63) is 0 Å². The monoisotopic (exact) mass is 257 g/mol. The average Bonchev–Trinajstić information content (AvgIpc) is 2.60. The molecule has 0 aliphatic heterocycles. The third-order valence-electron chi connectivity index (χ3n) is 1.42. The van der Waals surface area contributed by atoms with Gasteiger partial charge in [0.2, 0.25) is 5.16 Å². The Morgan fingerprint density at radius 2 is 2.19 bits per heavy atom. The maximum Gasteiger partial charge on any atom is 0.522 e. The van der Waals surface area contributed by atoms with Crippen molar-refractivity contribution < 1.29 is 17.9 Å². The zero-order chi connectivity index (χ0) is 12.0. The molecule has 16 heavy (non-hydrogen) atoms. The minimum atomic E-state index is -4.59. The van der Waals surface area contributed by atoms with E-state index in [2.05, 4.69) is 20.3 Å². The lowest BCUT2D eigenvalue weighted by molar-refractivity contribution is -0.322.